The Bertz CT molecular complexity index is 528. The van der Waals surface area contributed by atoms with Crippen molar-refractivity contribution in [2.24, 2.45) is 0 Å². The Labute approximate surface area is 98.1 Å². The minimum absolute atomic E-state index is 0.0487. The van der Waals surface area contributed by atoms with Gasteiger partial charge in [0.2, 0.25) is 0 Å². The maximum absolute atomic E-state index is 11.2. The highest BCUT2D eigenvalue weighted by atomic mass is 35.5. The number of sulfone groups is 1. The fraction of sp³-hybridized carbons (Fsp3) is 0.100. The predicted octanol–water partition coefficient (Wildman–Crippen LogP) is 1.75. The Balaban J connectivity index is 3.10. The van der Waals surface area contributed by atoms with Crippen LogP contribution in [-0.2, 0) is 14.6 Å². The molecule has 0 atom stereocenters. The average molecular weight is 261 g/mol. The first-order valence-corrected chi connectivity index (χ1v) is 6.48. The molecule has 0 radical (unpaired) electrons. The van der Waals surface area contributed by atoms with Gasteiger partial charge in [-0.05, 0) is 17.7 Å². The molecule has 86 valence electrons. The van der Waals surface area contributed by atoms with Crippen LogP contribution in [-0.4, -0.2) is 25.7 Å². The number of rotatable bonds is 3. The van der Waals surface area contributed by atoms with Crippen molar-refractivity contribution in [1.82, 2.24) is 0 Å². The molecule has 0 aliphatic heterocycles. The topological polar surface area (TPSA) is 71.4 Å². The van der Waals surface area contributed by atoms with Gasteiger partial charge in [-0.2, -0.15) is 0 Å². The van der Waals surface area contributed by atoms with Crippen LogP contribution in [0.15, 0.2) is 35.2 Å². The maximum atomic E-state index is 11.2. The van der Waals surface area contributed by atoms with Gasteiger partial charge in [0.05, 0.1) is 9.93 Å². The second kappa shape index (κ2) is 4.67. The number of aliphatic carboxylic acids is 1. The van der Waals surface area contributed by atoms with E-state index in [0.29, 0.717) is 5.56 Å². The molecular weight excluding hydrogens is 252 g/mol. The molecule has 4 nitrogen and oxygen atoms in total. The van der Waals surface area contributed by atoms with Crippen LogP contribution in [0.2, 0.25) is 0 Å². The third-order valence-corrected chi connectivity index (χ3v) is 3.26. The van der Waals surface area contributed by atoms with Gasteiger partial charge in [0, 0.05) is 12.3 Å². The highest BCUT2D eigenvalue weighted by molar-refractivity contribution is 7.90. The van der Waals surface area contributed by atoms with E-state index >= 15 is 0 Å². The van der Waals surface area contributed by atoms with E-state index in [2.05, 4.69) is 0 Å². The smallest absolute Gasteiger partial charge is 0.329 e. The molecule has 0 saturated carbocycles. The van der Waals surface area contributed by atoms with Crippen molar-refractivity contribution in [3.05, 3.63) is 35.9 Å². The van der Waals surface area contributed by atoms with Crippen LogP contribution in [0.4, 0.5) is 0 Å². The van der Waals surface area contributed by atoms with Crippen LogP contribution < -0.4 is 0 Å². The molecule has 0 heterocycles. The fourth-order valence-electron chi connectivity index (χ4n) is 1.05. The molecule has 1 aromatic carbocycles. The van der Waals surface area contributed by atoms with E-state index in [4.69, 9.17) is 16.7 Å². The summed E-state index contributed by atoms with van der Waals surface area (Å²) in [4.78, 5) is 10.5. The first kappa shape index (κ1) is 12.7. The van der Waals surface area contributed by atoms with Gasteiger partial charge in [0.1, 0.15) is 0 Å². The van der Waals surface area contributed by atoms with Crippen molar-refractivity contribution < 1.29 is 18.3 Å². The second-order valence-corrected chi connectivity index (χ2v) is 5.55. The van der Waals surface area contributed by atoms with E-state index in [0.717, 1.165) is 12.3 Å². The van der Waals surface area contributed by atoms with Gasteiger partial charge in [-0.25, -0.2) is 13.2 Å². The van der Waals surface area contributed by atoms with E-state index in [-0.39, 0.29) is 9.93 Å². The highest BCUT2D eigenvalue weighted by Gasteiger charge is 2.07. The Kier molecular flexibility index (Phi) is 3.72. The van der Waals surface area contributed by atoms with Gasteiger partial charge in [0.25, 0.3) is 0 Å². The molecule has 16 heavy (non-hydrogen) atoms. The summed E-state index contributed by atoms with van der Waals surface area (Å²) in [6.45, 7) is 0. The molecule has 0 aliphatic rings. The molecule has 0 spiro atoms. The predicted molar refractivity (Wildman–Crippen MR) is 61.0 cm³/mol. The van der Waals surface area contributed by atoms with E-state index in [1.807, 2.05) is 0 Å². The van der Waals surface area contributed by atoms with Gasteiger partial charge in [-0.3, -0.25) is 0 Å². The van der Waals surface area contributed by atoms with Gasteiger partial charge >= 0.3 is 5.97 Å². The van der Waals surface area contributed by atoms with Gasteiger partial charge < -0.3 is 5.11 Å². The SMILES string of the molecule is CS(=O)(=O)c1ccc(/C(Cl)=C/C(=O)O)cc1. The molecule has 0 unspecified atom stereocenters. The maximum Gasteiger partial charge on any atom is 0.329 e. The summed E-state index contributed by atoms with van der Waals surface area (Å²) in [6.07, 6.45) is 1.94. The molecule has 1 rings (SSSR count). The Morgan fingerprint density at radius 1 is 1.31 bits per heavy atom. The van der Waals surface area contributed by atoms with Crippen LogP contribution in [0.3, 0.4) is 0 Å². The lowest BCUT2D eigenvalue weighted by Gasteiger charge is -2.01. The van der Waals surface area contributed by atoms with Crippen molar-refractivity contribution in [2.75, 3.05) is 6.26 Å². The van der Waals surface area contributed by atoms with Gasteiger partial charge in [-0.15, -0.1) is 0 Å². The molecule has 0 aromatic heterocycles. The molecule has 0 fully saturated rings. The van der Waals surface area contributed by atoms with Crippen LogP contribution in [0.25, 0.3) is 5.03 Å². The summed E-state index contributed by atoms with van der Waals surface area (Å²) in [5, 5.41) is 8.52. The monoisotopic (exact) mass is 260 g/mol. The zero-order valence-corrected chi connectivity index (χ0v) is 9.92. The van der Waals surface area contributed by atoms with Crippen molar-refractivity contribution >= 4 is 32.4 Å². The van der Waals surface area contributed by atoms with Crippen molar-refractivity contribution in [3.63, 3.8) is 0 Å². The Hall–Kier alpha value is -1.33. The first-order valence-electron chi connectivity index (χ1n) is 4.21. The van der Waals surface area contributed by atoms with Crippen LogP contribution in [0, 0.1) is 0 Å². The highest BCUT2D eigenvalue weighted by Crippen LogP contribution is 2.20. The normalized spacial score (nSPS) is 12.5. The lowest BCUT2D eigenvalue weighted by atomic mass is 10.2. The molecule has 0 bridgehead atoms. The minimum Gasteiger partial charge on any atom is -0.478 e. The van der Waals surface area contributed by atoms with E-state index in [1.165, 1.54) is 24.3 Å². The average Bonchev–Trinajstić information content (AvgIpc) is 2.15. The molecular formula is C10H9ClO4S. The fourth-order valence-corrected chi connectivity index (χ4v) is 1.90. The van der Waals surface area contributed by atoms with Crippen molar-refractivity contribution in [1.29, 1.82) is 0 Å². The summed E-state index contributed by atoms with van der Waals surface area (Å²) in [5.41, 5.74) is 0.455. The molecule has 1 aromatic rings. The zero-order chi connectivity index (χ0) is 12.3. The molecule has 0 amide bonds. The molecule has 0 aliphatic carbocycles. The first-order chi connectivity index (χ1) is 7.30. The van der Waals surface area contributed by atoms with E-state index in [1.54, 1.807) is 0 Å². The van der Waals surface area contributed by atoms with Gasteiger partial charge in [-0.1, -0.05) is 23.7 Å². The summed E-state index contributed by atoms with van der Waals surface area (Å²) in [5.74, 6) is -1.16. The number of carboxylic acids is 1. The summed E-state index contributed by atoms with van der Waals surface area (Å²) in [6, 6.07) is 5.67. The number of hydrogen-bond acceptors (Lipinski definition) is 3. The lowest BCUT2D eigenvalue weighted by molar-refractivity contribution is -0.131. The zero-order valence-electron chi connectivity index (χ0n) is 8.34. The Morgan fingerprint density at radius 3 is 2.19 bits per heavy atom. The number of halogens is 1. The largest absolute Gasteiger partial charge is 0.478 e. The number of carbonyl (C=O) groups is 1. The van der Waals surface area contributed by atoms with Crippen molar-refractivity contribution in [3.8, 4) is 0 Å². The number of carboxylic acid groups (broad SMARTS) is 1. The molecule has 6 heteroatoms. The van der Waals surface area contributed by atoms with Crippen LogP contribution in [0.1, 0.15) is 5.56 Å². The van der Waals surface area contributed by atoms with Crippen LogP contribution in [0.5, 0.6) is 0 Å². The summed E-state index contributed by atoms with van der Waals surface area (Å²) in [7, 11) is -3.25. The third kappa shape index (κ3) is 3.36. The summed E-state index contributed by atoms with van der Waals surface area (Å²) >= 11 is 5.70. The number of benzene rings is 1. The van der Waals surface area contributed by atoms with Gasteiger partial charge in [0.15, 0.2) is 9.84 Å². The van der Waals surface area contributed by atoms with Crippen LogP contribution >= 0.6 is 11.6 Å². The van der Waals surface area contributed by atoms with E-state index < -0.39 is 15.8 Å². The van der Waals surface area contributed by atoms with Crippen molar-refractivity contribution in [2.45, 2.75) is 4.90 Å². The molecule has 0 saturated heterocycles. The second-order valence-electron chi connectivity index (χ2n) is 3.13. The Morgan fingerprint density at radius 2 is 1.81 bits per heavy atom. The minimum atomic E-state index is -3.25. The number of hydrogen-bond donors (Lipinski definition) is 1. The standard InChI is InChI=1S/C10H9ClO4S/c1-16(14,15)8-4-2-7(3-5-8)9(11)6-10(12)13/h2-6H,1H3,(H,12,13)/b9-6-. The van der Waals surface area contributed by atoms with E-state index in [9.17, 15) is 13.2 Å². The lowest BCUT2D eigenvalue weighted by Crippen LogP contribution is -1.96. The molecule has 1 N–H and O–H groups in total. The summed E-state index contributed by atoms with van der Waals surface area (Å²) < 4.78 is 22.3. The quantitative estimate of drug-likeness (QED) is 0.841. The third-order valence-electron chi connectivity index (χ3n) is 1.81.